The van der Waals surface area contributed by atoms with Gasteiger partial charge >= 0.3 is 0 Å². The molecular weight excluding hydrogens is 160 g/mol. The fourth-order valence-electron chi connectivity index (χ4n) is 1.92. The number of hydrogen-bond acceptors (Lipinski definition) is 2. The smallest absolute Gasteiger partial charge is 0.00442 e. The average molecular weight is 182 g/mol. The molecule has 0 aromatic heterocycles. The molecule has 76 valence electrons. The van der Waals surface area contributed by atoms with Crippen LogP contribution >= 0.6 is 0 Å². The van der Waals surface area contributed by atoms with E-state index >= 15 is 0 Å². The van der Waals surface area contributed by atoms with Crippen LogP contribution in [0.25, 0.3) is 0 Å². The van der Waals surface area contributed by atoms with Crippen molar-refractivity contribution in [2.24, 2.45) is 11.7 Å². The molecule has 1 atom stereocenters. The summed E-state index contributed by atoms with van der Waals surface area (Å²) in [6.07, 6.45) is 8.34. The number of nitrogens with two attached hydrogens (primary N) is 1. The van der Waals surface area contributed by atoms with Gasteiger partial charge in [-0.3, -0.25) is 0 Å². The Morgan fingerprint density at radius 3 is 3.08 bits per heavy atom. The van der Waals surface area contributed by atoms with Gasteiger partial charge in [0.05, 0.1) is 0 Å². The molecule has 1 unspecified atom stereocenters. The Hall–Kier alpha value is -0.340. The standard InChI is InChI=1S/C11H22N2/c1-2-13-9-5-7-11(10-13)6-3-4-8-12/h3,6,11H,2,4-5,7-10,12H2,1H3/b6-3-. The van der Waals surface area contributed by atoms with Gasteiger partial charge in [-0.05, 0) is 44.8 Å². The van der Waals surface area contributed by atoms with Crippen LogP contribution in [0.3, 0.4) is 0 Å². The first kappa shape index (κ1) is 10.7. The van der Waals surface area contributed by atoms with Crippen LogP contribution < -0.4 is 5.73 Å². The van der Waals surface area contributed by atoms with E-state index in [4.69, 9.17) is 5.73 Å². The van der Waals surface area contributed by atoms with Gasteiger partial charge in [-0.2, -0.15) is 0 Å². The number of piperidine rings is 1. The minimum absolute atomic E-state index is 0.778. The van der Waals surface area contributed by atoms with Crippen molar-refractivity contribution in [1.82, 2.24) is 4.90 Å². The van der Waals surface area contributed by atoms with E-state index in [1.807, 2.05) is 0 Å². The number of nitrogens with zero attached hydrogens (tertiary/aromatic N) is 1. The molecule has 1 saturated heterocycles. The molecule has 1 aliphatic heterocycles. The van der Waals surface area contributed by atoms with Crippen LogP contribution in [-0.2, 0) is 0 Å². The van der Waals surface area contributed by atoms with Gasteiger partial charge in [0.15, 0.2) is 0 Å². The highest BCUT2D eigenvalue weighted by atomic mass is 15.1. The van der Waals surface area contributed by atoms with E-state index in [1.165, 1.54) is 32.5 Å². The first-order valence-electron chi connectivity index (χ1n) is 5.46. The van der Waals surface area contributed by atoms with Gasteiger partial charge in [0.25, 0.3) is 0 Å². The largest absolute Gasteiger partial charge is 0.330 e. The fourth-order valence-corrected chi connectivity index (χ4v) is 1.92. The molecule has 0 aliphatic carbocycles. The second kappa shape index (κ2) is 6.17. The zero-order chi connectivity index (χ0) is 9.52. The molecule has 1 fully saturated rings. The Balaban J connectivity index is 2.25. The molecule has 0 radical (unpaired) electrons. The topological polar surface area (TPSA) is 29.3 Å². The summed E-state index contributed by atoms with van der Waals surface area (Å²) in [7, 11) is 0. The quantitative estimate of drug-likeness (QED) is 0.669. The first-order valence-corrected chi connectivity index (χ1v) is 5.46. The Morgan fingerprint density at radius 1 is 1.54 bits per heavy atom. The Labute approximate surface area is 81.8 Å². The number of rotatable bonds is 4. The van der Waals surface area contributed by atoms with Crippen molar-refractivity contribution >= 4 is 0 Å². The van der Waals surface area contributed by atoms with E-state index in [2.05, 4.69) is 24.0 Å². The lowest BCUT2D eigenvalue weighted by molar-refractivity contribution is 0.206. The second-order valence-electron chi connectivity index (χ2n) is 3.80. The molecule has 1 heterocycles. The molecule has 2 nitrogen and oxygen atoms in total. The second-order valence-corrected chi connectivity index (χ2v) is 3.80. The van der Waals surface area contributed by atoms with Crippen LogP contribution in [0.1, 0.15) is 26.2 Å². The van der Waals surface area contributed by atoms with Crippen molar-refractivity contribution in [3.8, 4) is 0 Å². The molecular formula is C11H22N2. The minimum Gasteiger partial charge on any atom is -0.330 e. The van der Waals surface area contributed by atoms with Gasteiger partial charge in [-0.1, -0.05) is 19.1 Å². The van der Waals surface area contributed by atoms with Gasteiger partial charge in [0, 0.05) is 6.54 Å². The maximum Gasteiger partial charge on any atom is 0.00442 e. The summed E-state index contributed by atoms with van der Waals surface area (Å²) < 4.78 is 0. The van der Waals surface area contributed by atoms with Crippen LogP contribution in [0, 0.1) is 5.92 Å². The summed E-state index contributed by atoms with van der Waals surface area (Å²) in [5.74, 6) is 0.778. The molecule has 0 bridgehead atoms. The lowest BCUT2D eigenvalue weighted by Crippen LogP contribution is -2.34. The Kier molecular flexibility index (Phi) is 5.09. The molecule has 0 saturated carbocycles. The highest BCUT2D eigenvalue weighted by molar-refractivity contribution is 4.91. The zero-order valence-electron chi connectivity index (χ0n) is 8.71. The van der Waals surface area contributed by atoms with Crippen LogP contribution in [0.15, 0.2) is 12.2 Å². The van der Waals surface area contributed by atoms with Crippen molar-refractivity contribution in [3.05, 3.63) is 12.2 Å². The summed E-state index contributed by atoms with van der Waals surface area (Å²) in [5, 5.41) is 0. The summed E-state index contributed by atoms with van der Waals surface area (Å²) in [6.45, 7) is 6.75. The maximum atomic E-state index is 5.44. The zero-order valence-corrected chi connectivity index (χ0v) is 8.71. The van der Waals surface area contributed by atoms with Crippen molar-refractivity contribution in [2.75, 3.05) is 26.2 Å². The summed E-state index contributed by atoms with van der Waals surface area (Å²) >= 11 is 0. The van der Waals surface area contributed by atoms with E-state index in [9.17, 15) is 0 Å². The van der Waals surface area contributed by atoms with Crippen LogP contribution in [0.4, 0.5) is 0 Å². The maximum absolute atomic E-state index is 5.44. The lowest BCUT2D eigenvalue weighted by Gasteiger charge is -2.30. The lowest BCUT2D eigenvalue weighted by atomic mass is 9.97. The molecule has 2 heteroatoms. The normalized spacial score (nSPS) is 25.5. The van der Waals surface area contributed by atoms with Gasteiger partial charge in [-0.25, -0.2) is 0 Å². The third-order valence-corrected chi connectivity index (χ3v) is 2.73. The molecule has 1 aliphatic rings. The van der Waals surface area contributed by atoms with Gasteiger partial charge in [0.1, 0.15) is 0 Å². The molecule has 0 aromatic rings. The molecule has 2 N–H and O–H groups in total. The Morgan fingerprint density at radius 2 is 2.38 bits per heavy atom. The summed E-state index contributed by atoms with van der Waals surface area (Å²) in [6, 6.07) is 0. The third-order valence-electron chi connectivity index (χ3n) is 2.73. The molecule has 0 aromatic carbocycles. The molecule has 13 heavy (non-hydrogen) atoms. The van der Waals surface area contributed by atoms with Crippen LogP contribution in [0.2, 0.25) is 0 Å². The predicted molar refractivity (Wildman–Crippen MR) is 57.6 cm³/mol. The number of likely N-dealkylation sites (tertiary alicyclic amines) is 1. The molecule has 1 rings (SSSR count). The summed E-state index contributed by atoms with van der Waals surface area (Å²) in [4.78, 5) is 2.53. The van der Waals surface area contributed by atoms with E-state index < -0.39 is 0 Å². The van der Waals surface area contributed by atoms with Gasteiger partial charge in [0.2, 0.25) is 0 Å². The van der Waals surface area contributed by atoms with Crippen molar-refractivity contribution in [3.63, 3.8) is 0 Å². The monoisotopic (exact) mass is 182 g/mol. The SMILES string of the molecule is CCN1CCCC(/C=C\CCN)C1. The van der Waals surface area contributed by atoms with Gasteiger partial charge < -0.3 is 10.6 Å². The predicted octanol–water partition coefficient (Wildman–Crippen LogP) is 1.62. The van der Waals surface area contributed by atoms with Gasteiger partial charge in [-0.15, -0.1) is 0 Å². The fraction of sp³-hybridized carbons (Fsp3) is 0.818. The first-order chi connectivity index (χ1) is 6.36. The highest BCUT2D eigenvalue weighted by Crippen LogP contribution is 2.17. The van der Waals surface area contributed by atoms with E-state index in [-0.39, 0.29) is 0 Å². The minimum atomic E-state index is 0.778. The van der Waals surface area contributed by atoms with E-state index in [0.29, 0.717) is 0 Å². The van der Waals surface area contributed by atoms with Crippen molar-refractivity contribution < 1.29 is 0 Å². The van der Waals surface area contributed by atoms with E-state index in [0.717, 1.165) is 18.9 Å². The Bertz CT molecular complexity index is 154. The van der Waals surface area contributed by atoms with Crippen LogP contribution in [0.5, 0.6) is 0 Å². The average Bonchev–Trinajstić information content (AvgIpc) is 2.19. The van der Waals surface area contributed by atoms with Crippen LogP contribution in [-0.4, -0.2) is 31.1 Å². The highest BCUT2D eigenvalue weighted by Gasteiger charge is 2.15. The van der Waals surface area contributed by atoms with Crippen molar-refractivity contribution in [1.29, 1.82) is 0 Å². The van der Waals surface area contributed by atoms with Crippen molar-refractivity contribution in [2.45, 2.75) is 26.2 Å². The number of hydrogen-bond donors (Lipinski definition) is 1. The summed E-state index contributed by atoms with van der Waals surface area (Å²) in [5.41, 5.74) is 5.44. The molecule has 0 spiro atoms. The van der Waals surface area contributed by atoms with E-state index in [1.54, 1.807) is 0 Å². The third kappa shape index (κ3) is 3.92. The molecule has 0 amide bonds.